The van der Waals surface area contributed by atoms with E-state index in [0.29, 0.717) is 25.0 Å². The summed E-state index contributed by atoms with van der Waals surface area (Å²) in [6.07, 6.45) is 0. The van der Waals surface area contributed by atoms with Gasteiger partial charge in [-0.25, -0.2) is 26.8 Å². The van der Waals surface area contributed by atoms with Gasteiger partial charge in [-0.15, -0.1) is 0 Å². The predicted molar refractivity (Wildman–Crippen MR) is 136 cm³/mol. The van der Waals surface area contributed by atoms with Crippen LogP contribution in [-0.4, -0.2) is 85.0 Å². The molecule has 0 spiro atoms. The summed E-state index contributed by atoms with van der Waals surface area (Å²) >= 11 is 0. The Morgan fingerprint density at radius 2 is 0.929 bits per heavy atom. The molecule has 2 aromatic carbocycles. The quantitative estimate of drug-likeness (QED) is 0.206. The van der Waals surface area contributed by atoms with E-state index in [0.717, 1.165) is 0 Å². The Kier molecular flexibility index (Phi) is 12.8. The first kappa shape index (κ1) is 37.6. The standard InChI is InChI=1S/C21H22N2O2.2CHF3O3S.Mg/c1-21(2,19-22-17(13-24-19)15-9-5-3-6-10-15)20-23-18(14-25-20)16-11-7-4-8-12-16;2*2-1(3,4)8(5,6)7;/h3-12,17-18H,13-14H2,1-2H3;2*(H,5,6,7);/q;;;+2/p-2/t17-,18-;;;/m0.../s1. The molecule has 42 heavy (non-hydrogen) atoms. The van der Waals surface area contributed by atoms with Crippen molar-refractivity contribution in [1.29, 1.82) is 0 Å². The van der Waals surface area contributed by atoms with Gasteiger partial charge in [0, 0.05) is 0 Å². The third-order valence-corrected chi connectivity index (χ3v) is 6.44. The molecule has 0 aliphatic carbocycles. The number of alkyl halides is 6. The fourth-order valence-electron chi connectivity index (χ4n) is 3.21. The summed E-state index contributed by atoms with van der Waals surface area (Å²) in [6.45, 7) is 5.26. The zero-order chi connectivity index (χ0) is 31.3. The molecule has 0 saturated heterocycles. The molecule has 19 heteroatoms. The monoisotopic (exact) mass is 656 g/mol. The van der Waals surface area contributed by atoms with Crippen molar-refractivity contribution < 1.29 is 61.8 Å². The number of aliphatic imine (C=N–C) groups is 2. The summed E-state index contributed by atoms with van der Waals surface area (Å²) in [5, 5.41) is 0. The van der Waals surface area contributed by atoms with Crippen LogP contribution >= 0.6 is 0 Å². The average Bonchev–Trinajstić information content (AvgIpc) is 3.55. The Morgan fingerprint density at radius 1 is 0.667 bits per heavy atom. The Labute approximate surface area is 253 Å². The zero-order valence-corrected chi connectivity index (χ0v) is 24.8. The largest absolute Gasteiger partial charge is 2.00 e. The van der Waals surface area contributed by atoms with Crippen molar-refractivity contribution in [2.24, 2.45) is 15.4 Å². The van der Waals surface area contributed by atoms with Crippen LogP contribution in [0.5, 0.6) is 0 Å². The van der Waals surface area contributed by atoms with E-state index in [1.54, 1.807) is 0 Å². The number of nitrogens with zero attached hydrogens (tertiary/aromatic N) is 2. The van der Waals surface area contributed by atoms with Crippen molar-refractivity contribution in [1.82, 2.24) is 0 Å². The smallest absolute Gasteiger partial charge is 0.741 e. The molecular formula is C23H22F6MgN2O8S2. The van der Waals surface area contributed by atoms with Gasteiger partial charge in [0.1, 0.15) is 30.7 Å². The molecule has 0 aromatic heterocycles. The molecule has 0 radical (unpaired) electrons. The normalized spacial score (nSPS) is 18.9. The van der Waals surface area contributed by atoms with Crippen LogP contribution in [0.15, 0.2) is 70.6 Å². The van der Waals surface area contributed by atoms with E-state index in [9.17, 15) is 26.3 Å². The maximum absolute atomic E-state index is 10.7. The van der Waals surface area contributed by atoms with Gasteiger partial charge in [0.05, 0.1) is 0 Å². The van der Waals surface area contributed by atoms with Crippen LogP contribution in [-0.2, 0) is 29.7 Å². The molecule has 0 unspecified atom stereocenters. The number of hydrogen-bond donors (Lipinski definition) is 0. The fourth-order valence-corrected chi connectivity index (χ4v) is 3.21. The van der Waals surface area contributed by atoms with E-state index in [2.05, 4.69) is 38.1 Å². The molecule has 10 nitrogen and oxygen atoms in total. The Balaban J connectivity index is 0.000000432. The molecule has 2 aliphatic heterocycles. The minimum absolute atomic E-state index is 0. The van der Waals surface area contributed by atoms with E-state index in [4.69, 9.17) is 45.4 Å². The van der Waals surface area contributed by atoms with E-state index in [-0.39, 0.29) is 35.1 Å². The Hall–Kier alpha value is -2.45. The number of ether oxygens (including phenoxy) is 2. The second kappa shape index (κ2) is 14.3. The van der Waals surface area contributed by atoms with Gasteiger partial charge >= 0.3 is 34.1 Å². The van der Waals surface area contributed by atoms with E-state index in [1.165, 1.54) is 11.1 Å². The van der Waals surface area contributed by atoms with Crippen molar-refractivity contribution in [3.05, 3.63) is 71.8 Å². The number of benzene rings is 2. The van der Waals surface area contributed by atoms with E-state index >= 15 is 0 Å². The summed E-state index contributed by atoms with van der Waals surface area (Å²) in [4.78, 5) is 9.61. The molecule has 0 N–H and O–H groups in total. The molecule has 0 bridgehead atoms. The topological polar surface area (TPSA) is 158 Å². The first-order valence-electron chi connectivity index (χ1n) is 11.2. The molecule has 0 amide bonds. The van der Waals surface area contributed by atoms with Gasteiger partial charge in [-0.1, -0.05) is 60.7 Å². The van der Waals surface area contributed by atoms with Crippen LogP contribution in [0.25, 0.3) is 0 Å². The molecule has 0 saturated carbocycles. The second-order valence-corrected chi connectivity index (χ2v) is 11.5. The van der Waals surface area contributed by atoms with E-state index in [1.807, 2.05) is 36.4 Å². The minimum atomic E-state index is -6.09. The van der Waals surface area contributed by atoms with Crippen LogP contribution in [0.4, 0.5) is 26.3 Å². The molecule has 2 heterocycles. The van der Waals surface area contributed by atoms with Crippen LogP contribution in [0.3, 0.4) is 0 Å². The molecule has 2 atom stereocenters. The fraction of sp³-hybridized carbons (Fsp3) is 0.391. The summed E-state index contributed by atoms with van der Waals surface area (Å²) in [5.74, 6) is 1.41. The van der Waals surface area contributed by atoms with Crippen LogP contribution in [0.2, 0.25) is 0 Å². The van der Waals surface area contributed by atoms with Gasteiger partial charge < -0.3 is 18.6 Å². The minimum Gasteiger partial charge on any atom is -0.741 e. The van der Waals surface area contributed by atoms with Gasteiger partial charge in [-0.2, -0.15) is 26.3 Å². The van der Waals surface area contributed by atoms with Gasteiger partial charge in [-0.3, -0.25) is 0 Å². The molecule has 2 aliphatic rings. The predicted octanol–water partition coefficient (Wildman–Crippen LogP) is 4.07. The second-order valence-electron chi connectivity index (χ2n) is 8.77. The number of rotatable bonds is 4. The maximum Gasteiger partial charge on any atom is 2.00 e. The van der Waals surface area contributed by atoms with Crippen LogP contribution in [0, 0.1) is 5.41 Å². The van der Waals surface area contributed by atoms with Gasteiger partial charge in [0.2, 0.25) is 0 Å². The molecule has 228 valence electrons. The number of halogens is 6. The molecule has 4 rings (SSSR count). The Bertz CT molecular complexity index is 1340. The first-order valence-corrected chi connectivity index (χ1v) is 14.0. The SMILES string of the molecule is CC(C)(C1=N[C@H](c2ccccc2)CO1)C1=N[C@H](c2ccccc2)CO1.O=S(=O)([O-])C(F)(F)F.O=S(=O)([O-])C(F)(F)F.[Mg+2]. The summed E-state index contributed by atoms with van der Waals surface area (Å²) in [7, 11) is -12.2. The van der Waals surface area contributed by atoms with Crippen molar-refractivity contribution in [3.8, 4) is 0 Å². The van der Waals surface area contributed by atoms with E-state index < -0.39 is 36.7 Å². The third kappa shape index (κ3) is 10.4. The molecule has 0 fully saturated rings. The molecular weight excluding hydrogens is 635 g/mol. The van der Waals surface area contributed by atoms with Gasteiger partial charge in [0.15, 0.2) is 32.0 Å². The maximum atomic E-state index is 10.7. The van der Waals surface area contributed by atoms with Gasteiger partial charge in [-0.05, 0) is 25.0 Å². The van der Waals surface area contributed by atoms with Crippen molar-refractivity contribution in [2.45, 2.75) is 36.9 Å². The first-order chi connectivity index (χ1) is 18.6. The van der Waals surface area contributed by atoms with Crippen molar-refractivity contribution >= 4 is 55.1 Å². The third-order valence-electron chi connectivity index (χ3n) is 5.31. The zero-order valence-electron chi connectivity index (χ0n) is 21.8. The summed E-state index contributed by atoms with van der Waals surface area (Å²) < 4.78 is 130. The van der Waals surface area contributed by atoms with Crippen molar-refractivity contribution in [3.63, 3.8) is 0 Å². The van der Waals surface area contributed by atoms with Crippen LogP contribution < -0.4 is 0 Å². The van der Waals surface area contributed by atoms with Crippen LogP contribution in [0.1, 0.15) is 37.1 Å². The Morgan fingerprint density at radius 3 is 1.17 bits per heavy atom. The summed E-state index contributed by atoms with van der Waals surface area (Å²) in [5.41, 5.74) is -9.41. The average molecular weight is 657 g/mol. The summed E-state index contributed by atoms with van der Waals surface area (Å²) in [6, 6.07) is 20.6. The van der Waals surface area contributed by atoms with Gasteiger partial charge in [0.25, 0.3) is 0 Å². The number of hydrogen-bond acceptors (Lipinski definition) is 10. The van der Waals surface area contributed by atoms with Crippen molar-refractivity contribution in [2.75, 3.05) is 13.2 Å². The molecule has 2 aromatic rings.